The monoisotopic (exact) mass is 172 g/mol. The molecule has 0 aliphatic carbocycles. The van der Waals surface area contributed by atoms with E-state index in [4.69, 9.17) is 0 Å². The van der Waals surface area contributed by atoms with Crippen molar-refractivity contribution in [3.8, 4) is 0 Å². The van der Waals surface area contributed by atoms with Crippen LogP contribution in [0.25, 0.3) is 0 Å². The van der Waals surface area contributed by atoms with Gasteiger partial charge in [-0.1, -0.05) is 40.7 Å². The second-order valence-electron chi connectivity index (χ2n) is 4.26. The molecule has 0 radical (unpaired) electrons. The molecule has 0 saturated carbocycles. The number of thiol groups is 1. The van der Waals surface area contributed by atoms with Gasteiger partial charge in [-0.2, -0.15) is 0 Å². The van der Waals surface area contributed by atoms with E-state index in [2.05, 4.69) is 46.9 Å². The van der Waals surface area contributed by atoms with Crippen LogP contribution >= 0.6 is 12.6 Å². The Morgan fingerprint density at radius 1 is 1.45 bits per heavy atom. The zero-order valence-corrected chi connectivity index (χ0v) is 9.04. The van der Waals surface area contributed by atoms with Crippen molar-refractivity contribution < 1.29 is 0 Å². The maximum atomic E-state index is 4.29. The molecule has 0 fully saturated rings. The van der Waals surface area contributed by atoms with Crippen LogP contribution in [0.5, 0.6) is 0 Å². The Kier molecular flexibility index (Phi) is 4.23. The van der Waals surface area contributed by atoms with Gasteiger partial charge in [0.1, 0.15) is 0 Å². The third-order valence-corrected chi connectivity index (χ3v) is 2.73. The number of rotatable bonds is 4. The van der Waals surface area contributed by atoms with Gasteiger partial charge in [0.15, 0.2) is 0 Å². The van der Waals surface area contributed by atoms with E-state index in [1.54, 1.807) is 0 Å². The summed E-state index contributed by atoms with van der Waals surface area (Å²) in [7, 11) is 0. The summed E-state index contributed by atoms with van der Waals surface area (Å²) in [6, 6.07) is 0. The predicted octanol–water partition coefficient (Wildman–Crippen LogP) is 3.89. The summed E-state index contributed by atoms with van der Waals surface area (Å²) in [5, 5.41) is 0. The molecule has 0 heterocycles. The van der Waals surface area contributed by atoms with E-state index >= 15 is 0 Å². The topological polar surface area (TPSA) is 0 Å². The fourth-order valence-electron chi connectivity index (χ4n) is 0.794. The third-order valence-electron chi connectivity index (χ3n) is 2.13. The van der Waals surface area contributed by atoms with Crippen LogP contribution in [0.3, 0.4) is 0 Å². The quantitative estimate of drug-likeness (QED) is 0.611. The lowest BCUT2D eigenvalue weighted by molar-refractivity contribution is 0.379. The molecule has 0 aromatic heterocycles. The Balaban J connectivity index is 3.83. The van der Waals surface area contributed by atoms with E-state index in [9.17, 15) is 0 Å². The van der Waals surface area contributed by atoms with Gasteiger partial charge in [0.05, 0.1) is 0 Å². The summed E-state index contributed by atoms with van der Waals surface area (Å²) in [5.74, 6) is 0.780. The summed E-state index contributed by atoms with van der Waals surface area (Å²) in [5.41, 5.74) is 0.202. The number of allylic oxidation sites excluding steroid dienone is 1. The van der Waals surface area contributed by atoms with Gasteiger partial charge in [0.25, 0.3) is 0 Å². The highest BCUT2D eigenvalue weighted by atomic mass is 32.1. The van der Waals surface area contributed by atoms with Crippen molar-refractivity contribution in [3.05, 3.63) is 11.5 Å². The van der Waals surface area contributed by atoms with Crippen molar-refractivity contribution in [3.63, 3.8) is 0 Å². The highest BCUT2D eigenvalue weighted by molar-refractivity contribution is 7.84. The first-order valence-corrected chi connectivity index (χ1v) is 4.69. The molecule has 0 aromatic rings. The standard InChI is InChI=1S/C10H20S/c1-8(2)6-7-10(4,5)9(3)11/h8,11H,3,6-7H2,1-2,4-5H3. The van der Waals surface area contributed by atoms with Gasteiger partial charge in [-0.3, -0.25) is 0 Å². The predicted molar refractivity (Wildman–Crippen MR) is 56.0 cm³/mol. The average Bonchev–Trinajstić information content (AvgIpc) is 1.84. The summed E-state index contributed by atoms with van der Waals surface area (Å²) in [4.78, 5) is 0.998. The van der Waals surface area contributed by atoms with E-state index < -0.39 is 0 Å². The fraction of sp³-hybridized carbons (Fsp3) is 0.800. The Labute approximate surface area is 76.5 Å². The highest BCUT2D eigenvalue weighted by Gasteiger charge is 2.19. The van der Waals surface area contributed by atoms with Crippen LogP contribution in [0.1, 0.15) is 40.5 Å². The minimum Gasteiger partial charge on any atom is -0.148 e. The Morgan fingerprint density at radius 3 is 2.18 bits per heavy atom. The first-order chi connectivity index (χ1) is 4.86. The van der Waals surface area contributed by atoms with E-state index in [0.29, 0.717) is 0 Å². The van der Waals surface area contributed by atoms with Gasteiger partial charge < -0.3 is 0 Å². The molecule has 0 aliphatic rings. The van der Waals surface area contributed by atoms with Crippen LogP contribution in [0.4, 0.5) is 0 Å². The highest BCUT2D eigenvalue weighted by Crippen LogP contribution is 2.33. The van der Waals surface area contributed by atoms with Gasteiger partial charge in [0.2, 0.25) is 0 Å². The van der Waals surface area contributed by atoms with Crippen molar-refractivity contribution in [1.82, 2.24) is 0 Å². The molecule has 66 valence electrons. The van der Waals surface area contributed by atoms with E-state index in [-0.39, 0.29) is 5.41 Å². The molecular formula is C10H20S. The lowest BCUT2D eigenvalue weighted by Crippen LogP contribution is -2.11. The molecule has 0 unspecified atom stereocenters. The summed E-state index contributed by atoms with van der Waals surface area (Å²) in [6.45, 7) is 12.8. The molecule has 11 heavy (non-hydrogen) atoms. The molecule has 0 bridgehead atoms. The van der Waals surface area contributed by atoms with Crippen LogP contribution in [0.2, 0.25) is 0 Å². The molecule has 0 N–H and O–H groups in total. The normalized spacial score (nSPS) is 12.2. The molecule has 0 atom stereocenters. The molecule has 0 rings (SSSR count). The van der Waals surface area contributed by atoms with E-state index in [1.165, 1.54) is 12.8 Å². The minimum atomic E-state index is 0.202. The second-order valence-corrected chi connectivity index (χ2v) is 4.80. The Hall–Kier alpha value is 0.0900. The summed E-state index contributed by atoms with van der Waals surface area (Å²) < 4.78 is 0. The summed E-state index contributed by atoms with van der Waals surface area (Å²) >= 11 is 4.29. The van der Waals surface area contributed by atoms with Crippen LogP contribution in [-0.4, -0.2) is 0 Å². The first kappa shape index (κ1) is 11.1. The van der Waals surface area contributed by atoms with E-state index in [0.717, 1.165) is 10.8 Å². The lowest BCUT2D eigenvalue weighted by atomic mass is 9.85. The zero-order chi connectivity index (χ0) is 9.07. The van der Waals surface area contributed by atoms with Crippen LogP contribution in [-0.2, 0) is 0 Å². The average molecular weight is 172 g/mol. The van der Waals surface area contributed by atoms with Gasteiger partial charge in [-0.25, -0.2) is 0 Å². The van der Waals surface area contributed by atoms with Crippen molar-refractivity contribution >= 4 is 12.6 Å². The molecule has 0 spiro atoms. The molecular weight excluding hydrogens is 152 g/mol. The van der Waals surface area contributed by atoms with Gasteiger partial charge in [-0.05, 0) is 22.7 Å². The fourth-order valence-corrected chi connectivity index (χ4v) is 0.906. The van der Waals surface area contributed by atoms with Crippen LogP contribution in [0, 0.1) is 11.3 Å². The molecule has 0 aromatic carbocycles. The van der Waals surface area contributed by atoms with Crippen LogP contribution < -0.4 is 0 Å². The third kappa shape index (κ3) is 4.52. The SMILES string of the molecule is C=C(S)C(C)(C)CCC(C)C. The molecule has 0 amide bonds. The van der Waals surface area contributed by atoms with Crippen molar-refractivity contribution in [2.24, 2.45) is 11.3 Å². The van der Waals surface area contributed by atoms with Gasteiger partial charge >= 0.3 is 0 Å². The van der Waals surface area contributed by atoms with Crippen LogP contribution in [0.15, 0.2) is 11.5 Å². The molecule has 1 heteroatoms. The Morgan fingerprint density at radius 2 is 1.91 bits per heavy atom. The smallest absolute Gasteiger partial charge is 0.00521 e. The largest absolute Gasteiger partial charge is 0.148 e. The van der Waals surface area contributed by atoms with Crippen molar-refractivity contribution in [2.45, 2.75) is 40.5 Å². The van der Waals surface area contributed by atoms with E-state index in [1.807, 2.05) is 0 Å². The summed E-state index contributed by atoms with van der Waals surface area (Å²) in [6.07, 6.45) is 2.44. The van der Waals surface area contributed by atoms with Gasteiger partial charge in [0, 0.05) is 0 Å². The Bertz CT molecular complexity index is 134. The number of hydrogen-bond donors (Lipinski definition) is 1. The minimum absolute atomic E-state index is 0.202. The molecule has 0 saturated heterocycles. The first-order valence-electron chi connectivity index (χ1n) is 4.24. The van der Waals surface area contributed by atoms with Crippen molar-refractivity contribution in [1.29, 1.82) is 0 Å². The second kappa shape index (κ2) is 4.20. The van der Waals surface area contributed by atoms with Gasteiger partial charge in [-0.15, -0.1) is 12.6 Å². The maximum Gasteiger partial charge on any atom is -0.00521 e. The number of hydrogen-bond acceptors (Lipinski definition) is 1. The zero-order valence-electron chi connectivity index (χ0n) is 8.15. The van der Waals surface area contributed by atoms with Crippen molar-refractivity contribution in [2.75, 3.05) is 0 Å². The molecule has 0 aliphatic heterocycles. The maximum absolute atomic E-state index is 4.29. The lowest BCUT2D eigenvalue weighted by Gasteiger charge is -2.24. The molecule has 0 nitrogen and oxygen atoms in total.